The number of carbonyl (C=O) groups is 2. The number of thiophene rings is 1. The lowest BCUT2D eigenvalue weighted by Crippen LogP contribution is -2.37. The molecule has 138 valence electrons. The topological polar surface area (TPSA) is 58.2 Å². The number of amides is 2. The minimum atomic E-state index is -0.0640. The zero-order valence-corrected chi connectivity index (χ0v) is 15.8. The van der Waals surface area contributed by atoms with E-state index < -0.39 is 0 Å². The third kappa shape index (κ3) is 5.43. The first-order valence-corrected chi connectivity index (χ1v) is 10.3. The van der Waals surface area contributed by atoms with Crippen molar-refractivity contribution in [1.82, 2.24) is 10.6 Å². The Hall–Kier alpha value is -2.14. The normalized spacial score (nSPS) is 19.7. The Balaban J connectivity index is 1.30. The van der Waals surface area contributed by atoms with Crippen molar-refractivity contribution in [3.63, 3.8) is 0 Å². The molecular formula is C21H26N2O2S. The van der Waals surface area contributed by atoms with Gasteiger partial charge in [0.2, 0.25) is 5.91 Å². The fourth-order valence-electron chi connectivity index (χ4n) is 3.54. The molecule has 2 N–H and O–H groups in total. The van der Waals surface area contributed by atoms with Gasteiger partial charge in [0.05, 0.1) is 0 Å². The first-order chi connectivity index (χ1) is 12.7. The number of hydrogen-bond acceptors (Lipinski definition) is 3. The van der Waals surface area contributed by atoms with E-state index in [-0.39, 0.29) is 11.8 Å². The van der Waals surface area contributed by atoms with E-state index in [1.54, 1.807) is 6.07 Å². The monoisotopic (exact) mass is 370 g/mol. The summed E-state index contributed by atoms with van der Waals surface area (Å²) in [6.45, 7) is 0.531. The van der Waals surface area contributed by atoms with Crippen LogP contribution in [-0.2, 0) is 4.79 Å². The van der Waals surface area contributed by atoms with Crippen LogP contribution in [0.1, 0.15) is 60.4 Å². The first kappa shape index (κ1) is 18.6. The minimum Gasteiger partial charge on any atom is -0.353 e. The van der Waals surface area contributed by atoms with Crippen molar-refractivity contribution < 1.29 is 9.59 Å². The van der Waals surface area contributed by atoms with Gasteiger partial charge in [-0.15, -0.1) is 0 Å². The standard InChI is InChI=1S/C21H26N2O2S/c24-20(7-4-13-22-21(25)18-12-14-26-15-18)23-19-10-8-17(9-11-19)16-5-2-1-3-6-16/h1-3,5-6,12,14-15,17,19H,4,7-11,13H2,(H,22,25)(H,23,24). The van der Waals surface area contributed by atoms with Crippen molar-refractivity contribution >= 4 is 23.2 Å². The van der Waals surface area contributed by atoms with E-state index in [9.17, 15) is 9.59 Å². The van der Waals surface area contributed by atoms with Gasteiger partial charge in [-0.05, 0) is 55.0 Å². The molecular weight excluding hydrogens is 344 g/mol. The zero-order valence-electron chi connectivity index (χ0n) is 14.9. The first-order valence-electron chi connectivity index (χ1n) is 9.37. The van der Waals surface area contributed by atoms with Gasteiger partial charge >= 0.3 is 0 Å². The molecule has 1 aliphatic rings. The van der Waals surface area contributed by atoms with Gasteiger partial charge in [0, 0.05) is 30.0 Å². The second-order valence-electron chi connectivity index (χ2n) is 6.90. The Bertz CT molecular complexity index is 692. The van der Waals surface area contributed by atoms with Crippen LogP contribution < -0.4 is 10.6 Å². The molecule has 4 nitrogen and oxygen atoms in total. The highest BCUT2D eigenvalue weighted by Crippen LogP contribution is 2.32. The highest BCUT2D eigenvalue weighted by atomic mass is 32.1. The third-order valence-corrected chi connectivity index (χ3v) is 5.70. The Morgan fingerprint density at radius 2 is 1.81 bits per heavy atom. The average Bonchev–Trinajstić information content (AvgIpc) is 3.21. The smallest absolute Gasteiger partial charge is 0.252 e. The summed E-state index contributed by atoms with van der Waals surface area (Å²) >= 11 is 1.51. The molecule has 0 spiro atoms. The van der Waals surface area contributed by atoms with Gasteiger partial charge in [-0.1, -0.05) is 30.3 Å². The molecule has 0 atom stereocenters. The lowest BCUT2D eigenvalue weighted by molar-refractivity contribution is -0.122. The summed E-state index contributed by atoms with van der Waals surface area (Å²) in [7, 11) is 0. The summed E-state index contributed by atoms with van der Waals surface area (Å²) in [4.78, 5) is 23.9. The molecule has 0 unspecified atom stereocenters. The predicted molar refractivity (Wildman–Crippen MR) is 105 cm³/mol. The molecule has 1 heterocycles. The SMILES string of the molecule is O=C(CCCNC(=O)c1ccsc1)NC1CCC(c2ccccc2)CC1. The lowest BCUT2D eigenvalue weighted by atomic mass is 9.82. The Labute approximate surface area is 159 Å². The van der Waals surface area contributed by atoms with Crippen LogP contribution in [-0.4, -0.2) is 24.4 Å². The molecule has 3 rings (SSSR count). The van der Waals surface area contributed by atoms with E-state index in [0.29, 0.717) is 36.9 Å². The molecule has 5 heteroatoms. The van der Waals surface area contributed by atoms with Gasteiger partial charge in [0.15, 0.2) is 0 Å². The number of rotatable bonds is 7. The summed E-state index contributed by atoms with van der Waals surface area (Å²) in [6.07, 6.45) is 5.47. The van der Waals surface area contributed by atoms with Crippen molar-refractivity contribution in [3.8, 4) is 0 Å². The molecule has 26 heavy (non-hydrogen) atoms. The summed E-state index contributed by atoms with van der Waals surface area (Å²) < 4.78 is 0. The number of nitrogens with one attached hydrogen (secondary N) is 2. The maximum atomic E-state index is 12.1. The largest absolute Gasteiger partial charge is 0.353 e. The molecule has 1 saturated carbocycles. The van der Waals surface area contributed by atoms with Crippen molar-refractivity contribution in [3.05, 3.63) is 58.3 Å². The fraction of sp³-hybridized carbons (Fsp3) is 0.429. The van der Waals surface area contributed by atoms with E-state index in [1.165, 1.54) is 16.9 Å². The summed E-state index contributed by atoms with van der Waals surface area (Å²) in [6, 6.07) is 12.8. The Kier molecular flexibility index (Phi) is 6.83. The van der Waals surface area contributed by atoms with Crippen LogP contribution in [0.2, 0.25) is 0 Å². The lowest BCUT2D eigenvalue weighted by Gasteiger charge is -2.29. The maximum absolute atomic E-state index is 12.1. The van der Waals surface area contributed by atoms with Crippen molar-refractivity contribution in [2.45, 2.75) is 50.5 Å². The summed E-state index contributed by atoms with van der Waals surface area (Å²) in [5.74, 6) is 0.653. The number of carbonyl (C=O) groups excluding carboxylic acids is 2. The van der Waals surface area contributed by atoms with Gasteiger partial charge in [-0.25, -0.2) is 0 Å². The second-order valence-corrected chi connectivity index (χ2v) is 7.68. The van der Waals surface area contributed by atoms with Gasteiger partial charge in [-0.2, -0.15) is 11.3 Å². The highest BCUT2D eigenvalue weighted by Gasteiger charge is 2.23. The van der Waals surface area contributed by atoms with Crippen LogP contribution in [0.4, 0.5) is 0 Å². The Morgan fingerprint density at radius 1 is 1.04 bits per heavy atom. The van der Waals surface area contributed by atoms with Gasteiger partial charge < -0.3 is 10.6 Å². The van der Waals surface area contributed by atoms with Crippen molar-refractivity contribution in [2.24, 2.45) is 0 Å². The number of hydrogen-bond donors (Lipinski definition) is 2. The molecule has 2 aromatic rings. The fourth-order valence-corrected chi connectivity index (χ4v) is 4.18. The van der Waals surface area contributed by atoms with E-state index in [4.69, 9.17) is 0 Å². The van der Waals surface area contributed by atoms with E-state index >= 15 is 0 Å². The van der Waals surface area contributed by atoms with E-state index in [1.807, 2.05) is 10.8 Å². The average molecular weight is 371 g/mol. The second kappa shape index (κ2) is 9.53. The molecule has 1 fully saturated rings. The van der Waals surface area contributed by atoms with Crippen LogP contribution in [0.25, 0.3) is 0 Å². The van der Waals surface area contributed by atoms with Crippen LogP contribution in [0, 0.1) is 0 Å². The van der Waals surface area contributed by atoms with Gasteiger partial charge in [-0.3, -0.25) is 9.59 Å². The van der Waals surface area contributed by atoms with Crippen molar-refractivity contribution in [1.29, 1.82) is 0 Å². The van der Waals surface area contributed by atoms with Crippen LogP contribution >= 0.6 is 11.3 Å². The van der Waals surface area contributed by atoms with Crippen LogP contribution in [0.5, 0.6) is 0 Å². The maximum Gasteiger partial charge on any atom is 0.252 e. The summed E-state index contributed by atoms with van der Waals surface area (Å²) in [5, 5.41) is 9.72. The van der Waals surface area contributed by atoms with Gasteiger partial charge in [0.1, 0.15) is 0 Å². The Morgan fingerprint density at radius 3 is 2.50 bits per heavy atom. The molecule has 1 aromatic heterocycles. The summed E-state index contributed by atoms with van der Waals surface area (Å²) in [5.41, 5.74) is 2.10. The molecule has 1 aliphatic carbocycles. The predicted octanol–water partition coefficient (Wildman–Crippen LogP) is 4.10. The van der Waals surface area contributed by atoms with Gasteiger partial charge in [0.25, 0.3) is 5.91 Å². The minimum absolute atomic E-state index is 0.0640. The zero-order chi connectivity index (χ0) is 18.2. The molecule has 0 bridgehead atoms. The molecule has 0 saturated heterocycles. The van der Waals surface area contributed by atoms with Crippen LogP contribution in [0.3, 0.4) is 0 Å². The van der Waals surface area contributed by atoms with E-state index in [0.717, 1.165) is 25.7 Å². The highest BCUT2D eigenvalue weighted by molar-refractivity contribution is 7.08. The number of benzene rings is 1. The third-order valence-electron chi connectivity index (χ3n) is 5.01. The molecule has 0 aliphatic heterocycles. The molecule has 0 radical (unpaired) electrons. The van der Waals surface area contributed by atoms with Crippen LogP contribution in [0.15, 0.2) is 47.2 Å². The van der Waals surface area contributed by atoms with Crippen molar-refractivity contribution in [2.75, 3.05) is 6.54 Å². The molecule has 2 amide bonds. The quantitative estimate of drug-likeness (QED) is 0.721. The molecule has 1 aromatic carbocycles. The van der Waals surface area contributed by atoms with E-state index in [2.05, 4.69) is 41.0 Å².